The normalized spacial score (nSPS) is 18.2. The second-order valence-corrected chi connectivity index (χ2v) is 12.5. The average Bonchev–Trinajstić information content (AvgIpc) is 2.48. The molecule has 1 aliphatic carbocycles. The Hall–Kier alpha value is -1.15. The lowest BCUT2D eigenvalue weighted by molar-refractivity contribution is 0.0885. The lowest BCUT2D eigenvalue weighted by atomic mass is 9.76. The highest BCUT2D eigenvalue weighted by atomic mass is 28.3. The van der Waals surface area contributed by atoms with Gasteiger partial charge in [-0.2, -0.15) is 0 Å². The van der Waals surface area contributed by atoms with Crippen LogP contribution in [-0.4, -0.2) is 13.9 Å². The fraction of sp³-hybridized carbons (Fsp3) is 0.526. The summed E-state index contributed by atoms with van der Waals surface area (Å²) < 4.78 is 0. The highest BCUT2D eigenvalue weighted by Gasteiger charge is 2.36. The molecule has 0 aliphatic heterocycles. The monoisotopic (exact) mass is 300 g/mol. The molecule has 1 unspecified atom stereocenters. The molecule has 1 aromatic rings. The maximum atomic E-state index is 13.1. The molecule has 0 radical (unpaired) electrons. The number of carbonyl (C=O) groups excluding carboxylic acids is 1. The van der Waals surface area contributed by atoms with Crippen LogP contribution >= 0.6 is 0 Å². The van der Waals surface area contributed by atoms with E-state index in [4.69, 9.17) is 0 Å². The van der Waals surface area contributed by atoms with Crippen LogP contribution in [0.15, 0.2) is 42.1 Å². The molecule has 1 nitrogen and oxygen atoms in total. The first-order chi connectivity index (χ1) is 9.91. The number of Topliss-reactive ketones (excluding diaryl/α,β-unsaturated/α-hetero) is 1. The summed E-state index contributed by atoms with van der Waals surface area (Å²) in [6.07, 6.45) is 6.23. The second kappa shape index (κ2) is 6.74. The predicted molar refractivity (Wildman–Crippen MR) is 93.3 cm³/mol. The molecule has 0 aromatic heterocycles. The predicted octanol–water partition coefficient (Wildman–Crippen LogP) is 5.50. The molecule has 1 aromatic carbocycles. The van der Waals surface area contributed by atoms with E-state index in [9.17, 15) is 4.79 Å². The summed E-state index contributed by atoms with van der Waals surface area (Å²) in [5, 5.41) is 1.24. The molecule has 0 N–H and O–H groups in total. The lowest BCUT2D eigenvalue weighted by Gasteiger charge is -2.35. The number of rotatable bonds is 5. The van der Waals surface area contributed by atoms with Crippen LogP contribution < -0.4 is 0 Å². The van der Waals surface area contributed by atoms with Crippen molar-refractivity contribution in [2.24, 2.45) is 11.8 Å². The molecule has 0 saturated heterocycles. The Morgan fingerprint density at radius 1 is 1.10 bits per heavy atom. The maximum absolute atomic E-state index is 13.1. The molecule has 0 bridgehead atoms. The van der Waals surface area contributed by atoms with Gasteiger partial charge in [-0.1, -0.05) is 74.4 Å². The van der Waals surface area contributed by atoms with Gasteiger partial charge in [-0.25, -0.2) is 0 Å². The van der Waals surface area contributed by atoms with Gasteiger partial charge in [0.05, 0.1) is 8.07 Å². The van der Waals surface area contributed by atoms with Crippen molar-refractivity contribution in [3.63, 3.8) is 0 Å². The smallest absolute Gasteiger partial charge is 0.169 e. The van der Waals surface area contributed by atoms with Gasteiger partial charge in [-0.05, 0) is 18.8 Å². The Bertz CT molecular complexity index is 492. The van der Waals surface area contributed by atoms with E-state index in [1.807, 2.05) is 30.3 Å². The SMILES string of the molecule is C=C(C(C(=O)c1ccccc1)C1CCCCC1)[Si](C)(C)C. The zero-order valence-corrected chi connectivity index (χ0v) is 14.7. The largest absolute Gasteiger partial charge is 0.294 e. The molecule has 1 saturated carbocycles. The van der Waals surface area contributed by atoms with E-state index in [0.717, 1.165) is 5.56 Å². The minimum Gasteiger partial charge on any atom is -0.294 e. The van der Waals surface area contributed by atoms with E-state index in [-0.39, 0.29) is 5.92 Å². The van der Waals surface area contributed by atoms with Crippen LogP contribution in [0.1, 0.15) is 42.5 Å². The first kappa shape index (κ1) is 16.2. The van der Waals surface area contributed by atoms with Crippen LogP contribution in [-0.2, 0) is 0 Å². The Morgan fingerprint density at radius 2 is 1.67 bits per heavy atom. The van der Waals surface area contributed by atoms with Crippen molar-refractivity contribution in [3.05, 3.63) is 47.7 Å². The number of carbonyl (C=O) groups is 1. The molecule has 2 rings (SSSR count). The highest BCUT2D eigenvalue weighted by Crippen LogP contribution is 2.38. The number of hydrogen-bond acceptors (Lipinski definition) is 1. The van der Waals surface area contributed by atoms with Crippen LogP contribution in [0.3, 0.4) is 0 Å². The molecule has 21 heavy (non-hydrogen) atoms. The maximum Gasteiger partial charge on any atom is 0.169 e. The quantitative estimate of drug-likeness (QED) is 0.518. The van der Waals surface area contributed by atoms with Gasteiger partial charge >= 0.3 is 0 Å². The van der Waals surface area contributed by atoms with Crippen molar-refractivity contribution >= 4 is 13.9 Å². The number of allylic oxidation sites excluding steroid dienone is 1. The third kappa shape index (κ3) is 3.94. The van der Waals surface area contributed by atoms with Gasteiger partial charge in [-0.3, -0.25) is 4.79 Å². The van der Waals surface area contributed by atoms with Crippen molar-refractivity contribution < 1.29 is 4.79 Å². The van der Waals surface area contributed by atoms with Gasteiger partial charge in [0.1, 0.15) is 0 Å². The first-order valence-corrected chi connectivity index (χ1v) is 11.7. The number of ketones is 1. The Kier molecular flexibility index (Phi) is 5.21. The van der Waals surface area contributed by atoms with E-state index >= 15 is 0 Å². The molecule has 2 heteroatoms. The fourth-order valence-corrected chi connectivity index (χ4v) is 4.67. The third-order valence-electron chi connectivity index (χ3n) is 4.80. The van der Waals surface area contributed by atoms with E-state index in [1.54, 1.807) is 0 Å². The molecule has 0 heterocycles. The van der Waals surface area contributed by atoms with Gasteiger partial charge in [0.2, 0.25) is 0 Å². The van der Waals surface area contributed by atoms with Crippen LogP contribution in [0.4, 0.5) is 0 Å². The van der Waals surface area contributed by atoms with Crippen LogP contribution in [0.25, 0.3) is 0 Å². The molecule has 1 fully saturated rings. The van der Waals surface area contributed by atoms with Crippen molar-refractivity contribution in [2.75, 3.05) is 0 Å². The van der Waals surface area contributed by atoms with Gasteiger partial charge in [0.15, 0.2) is 5.78 Å². The van der Waals surface area contributed by atoms with Gasteiger partial charge < -0.3 is 0 Å². The Balaban J connectivity index is 2.31. The molecular formula is C19H28OSi. The van der Waals surface area contributed by atoms with Gasteiger partial charge in [0.25, 0.3) is 0 Å². The van der Waals surface area contributed by atoms with E-state index < -0.39 is 8.07 Å². The van der Waals surface area contributed by atoms with Crippen LogP contribution in [0, 0.1) is 11.8 Å². The van der Waals surface area contributed by atoms with Crippen molar-refractivity contribution in [3.8, 4) is 0 Å². The van der Waals surface area contributed by atoms with E-state index in [2.05, 4.69) is 26.2 Å². The summed E-state index contributed by atoms with van der Waals surface area (Å²) in [6.45, 7) is 11.3. The van der Waals surface area contributed by atoms with Crippen LogP contribution in [0.2, 0.25) is 19.6 Å². The minimum atomic E-state index is -1.52. The second-order valence-electron chi connectivity index (χ2n) is 7.38. The first-order valence-electron chi connectivity index (χ1n) is 8.20. The molecule has 0 spiro atoms. The summed E-state index contributed by atoms with van der Waals surface area (Å²) in [4.78, 5) is 13.1. The zero-order chi connectivity index (χ0) is 15.5. The topological polar surface area (TPSA) is 17.1 Å². The third-order valence-corrected chi connectivity index (χ3v) is 7.04. The summed E-state index contributed by atoms with van der Waals surface area (Å²) in [6, 6.07) is 9.80. The molecule has 114 valence electrons. The molecule has 1 aliphatic rings. The standard InChI is InChI=1S/C19H28OSi/c1-15(21(2,3)4)18(16-11-7-5-8-12-16)19(20)17-13-9-6-10-14-17/h6,9-10,13-14,16,18H,1,5,7-8,11-12H2,2-4H3. The van der Waals surface area contributed by atoms with Gasteiger partial charge in [-0.15, -0.1) is 6.58 Å². The van der Waals surface area contributed by atoms with E-state index in [0.29, 0.717) is 11.7 Å². The average molecular weight is 301 g/mol. The van der Waals surface area contributed by atoms with Gasteiger partial charge in [0, 0.05) is 11.5 Å². The van der Waals surface area contributed by atoms with Crippen LogP contribution in [0.5, 0.6) is 0 Å². The van der Waals surface area contributed by atoms with Crippen molar-refractivity contribution in [1.82, 2.24) is 0 Å². The summed E-state index contributed by atoms with van der Waals surface area (Å²) >= 11 is 0. The van der Waals surface area contributed by atoms with Crippen molar-refractivity contribution in [2.45, 2.75) is 51.7 Å². The Morgan fingerprint density at radius 3 is 2.19 bits per heavy atom. The summed E-state index contributed by atoms with van der Waals surface area (Å²) in [7, 11) is -1.52. The number of benzene rings is 1. The highest BCUT2D eigenvalue weighted by molar-refractivity contribution is 6.83. The fourth-order valence-electron chi connectivity index (χ4n) is 3.37. The summed E-state index contributed by atoms with van der Waals surface area (Å²) in [5.41, 5.74) is 0.854. The Labute approximate surface area is 130 Å². The zero-order valence-electron chi connectivity index (χ0n) is 13.7. The molecular weight excluding hydrogens is 272 g/mol. The van der Waals surface area contributed by atoms with E-state index in [1.165, 1.54) is 37.3 Å². The molecule has 0 amide bonds. The molecule has 1 atom stereocenters. The lowest BCUT2D eigenvalue weighted by Crippen LogP contribution is -2.37. The number of hydrogen-bond donors (Lipinski definition) is 0. The summed E-state index contributed by atoms with van der Waals surface area (Å²) in [5.74, 6) is 0.847. The minimum absolute atomic E-state index is 0.0411. The van der Waals surface area contributed by atoms with Crippen molar-refractivity contribution in [1.29, 1.82) is 0 Å².